The van der Waals surface area contributed by atoms with E-state index < -0.39 is 11.0 Å². The zero-order valence-corrected chi connectivity index (χ0v) is 14.2. The summed E-state index contributed by atoms with van der Waals surface area (Å²) >= 11 is 0. The van der Waals surface area contributed by atoms with Gasteiger partial charge in [-0.2, -0.15) is 0 Å². The standard InChI is InChI=1S/C19H27NO3/c1-14-6-7-15(12-16(14)23-2)19(10-11-19)17(21)20-13-18(22)8-4-3-5-9-18/h6-7,12,22H,3-5,8-11,13H2,1-2H3,(H,20,21). The van der Waals surface area contributed by atoms with E-state index in [-0.39, 0.29) is 5.91 Å². The van der Waals surface area contributed by atoms with Gasteiger partial charge in [-0.25, -0.2) is 0 Å². The van der Waals surface area contributed by atoms with Crippen LogP contribution in [0.5, 0.6) is 5.75 Å². The van der Waals surface area contributed by atoms with E-state index >= 15 is 0 Å². The van der Waals surface area contributed by atoms with Gasteiger partial charge in [0.15, 0.2) is 0 Å². The Morgan fingerprint density at radius 1 is 1.22 bits per heavy atom. The van der Waals surface area contributed by atoms with Crippen molar-refractivity contribution < 1.29 is 14.6 Å². The third-order valence-electron chi connectivity index (χ3n) is 5.51. The molecule has 0 saturated heterocycles. The predicted molar refractivity (Wildman–Crippen MR) is 89.7 cm³/mol. The average molecular weight is 317 g/mol. The van der Waals surface area contributed by atoms with Crippen molar-refractivity contribution >= 4 is 5.91 Å². The molecule has 2 aliphatic rings. The summed E-state index contributed by atoms with van der Waals surface area (Å²) in [5.74, 6) is 0.870. The Labute approximate surface area is 138 Å². The van der Waals surface area contributed by atoms with E-state index in [9.17, 15) is 9.90 Å². The second kappa shape index (κ2) is 6.16. The van der Waals surface area contributed by atoms with E-state index in [1.807, 2.05) is 25.1 Å². The summed E-state index contributed by atoms with van der Waals surface area (Å²) in [6.45, 7) is 2.37. The molecular formula is C19H27NO3. The normalized spacial score (nSPS) is 21.5. The Hall–Kier alpha value is -1.55. The van der Waals surface area contributed by atoms with Crippen molar-refractivity contribution in [1.29, 1.82) is 0 Å². The summed E-state index contributed by atoms with van der Waals surface area (Å²) < 4.78 is 5.39. The molecular weight excluding hydrogens is 290 g/mol. The third-order valence-corrected chi connectivity index (χ3v) is 5.51. The number of aliphatic hydroxyl groups is 1. The lowest BCUT2D eigenvalue weighted by molar-refractivity contribution is -0.125. The maximum atomic E-state index is 12.7. The number of ether oxygens (including phenoxy) is 1. The van der Waals surface area contributed by atoms with Crippen LogP contribution in [0.3, 0.4) is 0 Å². The fourth-order valence-electron chi connectivity index (χ4n) is 3.69. The molecule has 1 aromatic rings. The van der Waals surface area contributed by atoms with E-state index in [4.69, 9.17) is 4.74 Å². The van der Waals surface area contributed by atoms with Gasteiger partial charge in [-0.05, 0) is 49.8 Å². The zero-order valence-electron chi connectivity index (χ0n) is 14.2. The molecule has 4 nitrogen and oxygen atoms in total. The van der Waals surface area contributed by atoms with Crippen LogP contribution in [0.4, 0.5) is 0 Å². The average Bonchev–Trinajstić information content (AvgIpc) is 3.36. The molecule has 1 aromatic carbocycles. The first-order valence-corrected chi connectivity index (χ1v) is 8.65. The monoisotopic (exact) mass is 317 g/mol. The number of hydrogen-bond donors (Lipinski definition) is 2. The molecule has 0 spiro atoms. The summed E-state index contributed by atoms with van der Waals surface area (Å²) in [6, 6.07) is 6.02. The predicted octanol–water partition coefficient (Wildman–Crippen LogP) is 2.85. The molecule has 126 valence electrons. The minimum Gasteiger partial charge on any atom is -0.496 e. The molecule has 0 aromatic heterocycles. The first kappa shape index (κ1) is 16.3. The first-order chi connectivity index (χ1) is 11.0. The van der Waals surface area contributed by atoms with Crippen LogP contribution >= 0.6 is 0 Å². The molecule has 0 bridgehead atoms. The van der Waals surface area contributed by atoms with Gasteiger partial charge in [0, 0.05) is 6.54 Å². The van der Waals surface area contributed by atoms with Gasteiger partial charge in [0.05, 0.1) is 18.1 Å². The van der Waals surface area contributed by atoms with Crippen LogP contribution in [0.15, 0.2) is 18.2 Å². The fourth-order valence-corrected chi connectivity index (χ4v) is 3.69. The SMILES string of the molecule is COc1cc(C2(C(=O)NCC3(O)CCCCC3)CC2)ccc1C. The van der Waals surface area contributed by atoms with Gasteiger partial charge in [-0.3, -0.25) is 4.79 Å². The van der Waals surface area contributed by atoms with Crippen LogP contribution in [0.1, 0.15) is 56.1 Å². The molecule has 1 amide bonds. The Balaban J connectivity index is 1.69. The zero-order chi connectivity index (χ0) is 16.5. The summed E-state index contributed by atoms with van der Waals surface area (Å²) in [5.41, 5.74) is 0.957. The molecule has 0 atom stereocenters. The number of aryl methyl sites for hydroxylation is 1. The molecule has 0 unspecified atom stereocenters. The second-order valence-electron chi connectivity index (χ2n) is 7.23. The van der Waals surface area contributed by atoms with Gasteiger partial charge in [-0.1, -0.05) is 31.4 Å². The van der Waals surface area contributed by atoms with Gasteiger partial charge in [-0.15, -0.1) is 0 Å². The van der Waals surface area contributed by atoms with Crippen molar-refractivity contribution in [3.8, 4) is 5.75 Å². The third kappa shape index (κ3) is 3.23. The van der Waals surface area contributed by atoms with Crippen LogP contribution in [0.25, 0.3) is 0 Å². The van der Waals surface area contributed by atoms with Crippen LogP contribution in [-0.2, 0) is 10.2 Å². The molecule has 0 radical (unpaired) electrons. The molecule has 2 saturated carbocycles. The summed E-state index contributed by atoms with van der Waals surface area (Å²) in [6.07, 6.45) is 6.59. The Kier molecular flexibility index (Phi) is 4.37. The largest absolute Gasteiger partial charge is 0.496 e. The lowest BCUT2D eigenvalue weighted by Gasteiger charge is -2.32. The highest BCUT2D eigenvalue weighted by Gasteiger charge is 2.51. The molecule has 4 heteroatoms. The quantitative estimate of drug-likeness (QED) is 0.878. The van der Waals surface area contributed by atoms with E-state index in [0.717, 1.165) is 55.4 Å². The van der Waals surface area contributed by atoms with Crippen molar-refractivity contribution in [3.05, 3.63) is 29.3 Å². The van der Waals surface area contributed by atoms with E-state index in [1.165, 1.54) is 6.42 Å². The van der Waals surface area contributed by atoms with Gasteiger partial charge in [0.2, 0.25) is 5.91 Å². The van der Waals surface area contributed by atoms with Crippen LogP contribution in [0.2, 0.25) is 0 Å². The maximum Gasteiger partial charge on any atom is 0.230 e. The second-order valence-corrected chi connectivity index (χ2v) is 7.23. The van der Waals surface area contributed by atoms with Crippen molar-refractivity contribution in [1.82, 2.24) is 5.32 Å². The van der Waals surface area contributed by atoms with Crippen LogP contribution in [-0.4, -0.2) is 30.3 Å². The number of methoxy groups -OCH3 is 1. The Morgan fingerprint density at radius 2 is 1.91 bits per heavy atom. The van der Waals surface area contributed by atoms with E-state index in [2.05, 4.69) is 5.32 Å². The number of nitrogens with one attached hydrogen (secondary N) is 1. The number of carbonyl (C=O) groups excluding carboxylic acids is 1. The minimum atomic E-state index is -0.713. The van der Waals surface area contributed by atoms with Gasteiger partial charge < -0.3 is 15.2 Å². The topological polar surface area (TPSA) is 58.6 Å². The highest BCUT2D eigenvalue weighted by atomic mass is 16.5. The number of benzene rings is 1. The summed E-state index contributed by atoms with van der Waals surface area (Å²) in [7, 11) is 1.66. The maximum absolute atomic E-state index is 12.7. The summed E-state index contributed by atoms with van der Waals surface area (Å²) in [4.78, 5) is 12.7. The van der Waals surface area contributed by atoms with Crippen LogP contribution in [0, 0.1) is 6.92 Å². The van der Waals surface area contributed by atoms with Crippen molar-refractivity contribution in [2.45, 2.75) is 62.9 Å². The van der Waals surface area contributed by atoms with Crippen molar-refractivity contribution in [2.75, 3.05) is 13.7 Å². The molecule has 2 N–H and O–H groups in total. The highest BCUT2D eigenvalue weighted by molar-refractivity contribution is 5.91. The van der Waals surface area contributed by atoms with E-state index in [0.29, 0.717) is 6.54 Å². The molecule has 3 rings (SSSR count). The lowest BCUT2D eigenvalue weighted by atomic mass is 9.84. The van der Waals surface area contributed by atoms with Crippen LogP contribution < -0.4 is 10.1 Å². The van der Waals surface area contributed by atoms with Crippen molar-refractivity contribution in [3.63, 3.8) is 0 Å². The first-order valence-electron chi connectivity index (χ1n) is 8.65. The van der Waals surface area contributed by atoms with Gasteiger partial charge in [0.25, 0.3) is 0 Å². The number of hydrogen-bond acceptors (Lipinski definition) is 3. The van der Waals surface area contributed by atoms with Gasteiger partial charge in [0.1, 0.15) is 5.75 Å². The number of carbonyl (C=O) groups is 1. The molecule has 0 heterocycles. The number of amides is 1. The van der Waals surface area contributed by atoms with Gasteiger partial charge >= 0.3 is 0 Å². The Bertz CT molecular complexity index is 586. The summed E-state index contributed by atoms with van der Waals surface area (Å²) in [5, 5.41) is 13.6. The molecule has 2 fully saturated rings. The molecule has 2 aliphatic carbocycles. The fraction of sp³-hybridized carbons (Fsp3) is 0.632. The minimum absolute atomic E-state index is 0.0439. The lowest BCUT2D eigenvalue weighted by Crippen LogP contribution is -2.47. The Morgan fingerprint density at radius 3 is 2.52 bits per heavy atom. The molecule has 23 heavy (non-hydrogen) atoms. The van der Waals surface area contributed by atoms with E-state index in [1.54, 1.807) is 7.11 Å². The van der Waals surface area contributed by atoms with Crippen molar-refractivity contribution in [2.24, 2.45) is 0 Å². The highest BCUT2D eigenvalue weighted by Crippen LogP contribution is 2.49. The smallest absolute Gasteiger partial charge is 0.230 e. The number of rotatable bonds is 5. The molecule has 0 aliphatic heterocycles.